The molecular weight excluding hydrogens is 444 g/mol. The number of aromatic nitrogens is 2. The number of carbonyl (C=O) groups is 1. The van der Waals surface area contributed by atoms with Crippen LogP contribution in [-0.4, -0.2) is 21.9 Å². The highest BCUT2D eigenvalue weighted by Crippen LogP contribution is 2.31. The molecule has 0 aliphatic rings. The smallest absolute Gasteiger partial charge is 0.265 e. The third-order valence-corrected chi connectivity index (χ3v) is 5.87. The van der Waals surface area contributed by atoms with Gasteiger partial charge in [-0.05, 0) is 47.5 Å². The summed E-state index contributed by atoms with van der Waals surface area (Å²) in [5, 5.41) is 11.5. The Morgan fingerprint density at radius 3 is 2.56 bits per heavy atom. The molecule has 0 fully saturated rings. The van der Waals surface area contributed by atoms with E-state index < -0.39 is 5.91 Å². The van der Waals surface area contributed by atoms with Crippen LogP contribution in [0.3, 0.4) is 0 Å². The van der Waals surface area contributed by atoms with E-state index in [9.17, 15) is 4.79 Å². The minimum Gasteiger partial charge on any atom is -0.265 e. The van der Waals surface area contributed by atoms with Crippen molar-refractivity contribution in [2.24, 2.45) is 5.10 Å². The number of halogens is 1. The van der Waals surface area contributed by atoms with E-state index >= 15 is 0 Å². The van der Waals surface area contributed by atoms with Crippen LogP contribution in [0.1, 0.15) is 21.6 Å². The van der Waals surface area contributed by atoms with E-state index in [4.69, 9.17) is 11.6 Å². The first kappa shape index (κ1) is 21.6. The summed E-state index contributed by atoms with van der Waals surface area (Å²) in [7, 11) is 0. The monoisotopic (exact) mass is 464 g/mol. The van der Waals surface area contributed by atoms with Gasteiger partial charge in [-0.25, -0.2) is 10.1 Å². The molecule has 0 saturated heterocycles. The van der Waals surface area contributed by atoms with Crippen LogP contribution in [0.2, 0.25) is 5.02 Å². The van der Waals surface area contributed by atoms with Crippen molar-refractivity contribution in [3.63, 3.8) is 0 Å². The van der Waals surface area contributed by atoms with Crippen molar-refractivity contribution in [2.45, 2.75) is 6.92 Å². The quantitative estimate of drug-likeness (QED) is 0.241. The van der Waals surface area contributed by atoms with Gasteiger partial charge in [0.05, 0.1) is 17.6 Å². The Morgan fingerprint density at radius 2 is 1.71 bits per heavy atom. The van der Waals surface area contributed by atoms with E-state index in [0.717, 1.165) is 33.3 Å². The summed E-state index contributed by atoms with van der Waals surface area (Å²) in [6.07, 6.45) is 1.52. The van der Waals surface area contributed by atoms with E-state index in [0.29, 0.717) is 10.6 Å². The fourth-order valence-electron chi connectivity index (χ4n) is 3.89. The van der Waals surface area contributed by atoms with E-state index in [1.54, 1.807) is 12.1 Å². The standard InChI is InChI=1S/C28H21ClN4O/c1-19-8-6-12-22(16-19)33-27(24-14-7-11-20-9-2-4-13-23(20)24)17-26(32-33)28(34)31-30-18-21-10-3-5-15-25(21)29/h2-18H,1H3,(H,31,34)/b30-18-. The highest BCUT2D eigenvalue weighted by Gasteiger charge is 2.18. The van der Waals surface area contributed by atoms with Crippen LogP contribution >= 0.6 is 11.6 Å². The molecule has 0 radical (unpaired) electrons. The zero-order chi connectivity index (χ0) is 23.5. The number of carbonyl (C=O) groups excluding carboxylic acids is 1. The van der Waals surface area contributed by atoms with Crippen LogP contribution in [0, 0.1) is 6.92 Å². The number of hydrogen-bond acceptors (Lipinski definition) is 3. The number of aryl methyl sites for hydroxylation is 1. The van der Waals surface area contributed by atoms with Gasteiger partial charge in [0.15, 0.2) is 5.69 Å². The summed E-state index contributed by atoms with van der Waals surface area (Å²) in [6.45, 7) is 2.03. The van der Waals surface area contributed by atoms with Crippen LogP contribution in [0.25, 0.3) is 27.7 Å². The number of hydrazone groups is 1. The van der Waals surface area contributed by atoms with Gasteiger partial charge in [0, 0.05) is 16.1 Å². The minimum atomic E-state index is -0.406. The molecule has 0 unspecified atom stereocenters. The average molecular weight is 465 g/mol. The van der Waals surface area contributed by atoms with Gasteiger partial charge in [-0.15, -0.1) is 0 Å². The maximum absolute atomic E-state index is 12.9. The first-order valence-corrected chi connectivity index (χ1v) is 11.2. The predicted molar refractivity (Wildman–Crippen MR) is 138 cm³/mol. The second-order valence-electron chi connectivity index (χ2n) is 7.91. The Balaban J connectivity index is 1.56. The molecule has 1 heterocycles. The third-order valence-electron chi connectivity index (χ3n) is 5.53. The van der Waals surface area contributed by atoms with Crippen LogP contribution in [0.4, 0.5) is 0 Å². The average Bonchev–Trinajstić information content (AvgIpc) is 3.30. The Kier molecular flexibility index (Phi) is 5.93. The Morgan fingerprint density at radius 1 is 0.941 bits per heavy atom. The summed E-state index contributed by atoms with van der Waals surface area (Å²) in [6, 6.07) is 31.4. The second kappa shape index (κ2) is 9.33. The molecule has 6 heteroatoms. The van der Waals surface area contributed by atoms with Crippen molar-refractivity contribution >= 4 is 34.5 Å². The molecule has 34 heavy (non-hydrogen) atoms. The topological polar surface area (TPSA) is 59.3 Å². The third kappa shape index (κ3) is 4.34. The van der Waals surface area contributed by atoms with Crippen LogP contribution in [0.15, 0.2) is 102 Å². The number of hydrogen-bond donors (Lipinski definition) is 1. The molecule has 0 spiro atoms. The normalized spacial score (nSPS) is 11.2. The van der Waals surface area contributed by atoms with E-state index in [2.05, 4.69) is 33.8 Å². The first-order valence-electron chi connectivity index (χ1n) is 10.8. The lowest BCUT2D eigenvalue weighted by Gasteiger charge is -2.10. The summed E-state index contributed by atoms with van der Waals surface area (Å²) in [5.74, 6) is -0.406. The summed E-state index contributed by atoms with van der Waals surface area (Å²) < 4.78 is 1.81. The number of benzene rings is 4. The highest BCUT2D eigenvalue weighted by atomic mass is 35.5. The van der Waals surface area contributed by atoms with Gasteiger partial charge in [0.2, 0.25) is 0 Å². The van der Waals surface area contributed by atoms with Gasteiger partial charge in [-0.1, -0.05) is 84.4 Å². The first-order chi connectivity index (χ1) is 16.6. The van der Waals surface area contributed by atoms with Crippen LogP contribution in [-0.2, 0) is 0 Å². The maximum atomic E-state index is 12.9. The number of nitrogens with zero attached hydrogens (tertiary/aromatic N) is 3. The van der Waals surface area contributed by atoms with Crippen LogP contribution < -0.4 is 5.43 Å². The lowest BCUT2D eigenvalue weighted by atomic mass is 10.0. The lowest BCUT2D eigenvalue weighted by molar-refractivity contribution is 0.0949. The van der Waals surface area contributed by atoms with Crippen molar-refractivity contribution < 1.29 is 4.79 Å². The van der Waals surface area contributed by atoms with Gasteiger partial charge in [0.25, 0.3) is 5.91 Å². The van der Waals surface area contributed by atoms with Crippen molar-refractivity contribution in [1.29, 1.82) is 0 Å². The van der Waals surface area contributed by atoms with Crippen molar-refractivity contribution in [2.75, 3.05) is 0 Å². The van der Waals surface area contributed by atoms with Gasteiger partial charge < -0.3 is 0 Å². The molecule has 0 aliphatic heterocycles. The Bertz CT molecular complexity index is 1530. The lowest BCUT2D eigenvalue weighted by Crippen LogP contribution is -2.18. The molecule has 5 rings (SSSR count). The van der Waals surface area contributed by atoms with Crippen molar-refractivity contribution in [3.8, 4) is 16.9 Å². The summed E-state index contributed by atoms with van der Waals surface area (Å²) in [4.78, 5) is 12.9. The van der Waals surface area contributed by atoms with Gasteiger partial charge in [-0.2, -0.15) is 10.2 Å². The summed E-state index contributed by atoms with van der Waals surface area (Å²) in [5.41, 5.74) is 7.34. The molecule has 1 N–H and O–H groups in total. The molecule has 1 aromatic heterocycles. The van der Waals surface area contributed by atoms with Crippen LogP contribution in [0.5, 0.6) is 0 Å². The van der Waals surface area contributed by atoms with Crippen molar-refractivity contribution in [1.82, 2.24) is 15.2 Å². The number of amides is 1. The van der Waals surface area contributed by atoms with Gasteiger partial charge >= 0.3 is 0 Å². The van der Waals surface area contributed by atoms with Gasteiger partial charge in [0.1, 0.15) is 0 Å². The number of nitrogens with one attached hydrogen (secondary N) is 1. The number of rotatable bonds is 5. The molecule has 1 amide bonds. The fraction of sp³-hybridized carbons (Fsp3) is 0.0357. The summed E-state index contributed by atoms with van der Waals surface area (Å²) >= 11 is 6.16. The Labute approximate surface area is 202 Å². The molecule has 5 aromatic rings. The maximum Gasteiger partial charge on any atom is 0.291 e. The largest absolute Gasteiger partial charge is 0.291 e. The Hall–Kier alpha value is -4.22. The second-order valence-corrected chi connectivity index (χ2v) is 8.32. The molecular formula is C28H21ClN4O. The minimum absolute atomic E-state index is 0.265. The molecule has 5 nitrogen and oxygen atoms in total. The molecule has 166 valence electrons. The SMILES string of the molecule is Cc1cccc(-n2nc(C(=O)N/N=C\c3ccccc3Cl)cc2-c2cccc3ccccc23)c1. The van der Waals surface area contributed by atoms with Gasteiger partial charge in [-0.3, -0.25) is 4.79 Å². The fourth-order valence-corrected chi connectivity index (χ4v) is 4.07. The number of fused-ring (bicyclic) bond motifs is 1. The van der Waals surface area contributed by atoms with E-state index in [1.807, 2.05) is 78.3 Å². The molecule has 0 aliphatic carbocycles. The highest BCUT2D eigenvalue weighted by molar-refractivity contribution is 6.33. The molecule has 4 aromatic carbocycles. The molecule has 0 saturated carbocycles. The predicted octanol–water partition coefficient (Wildman–Crippen LogP) is 6.42. The molecule has 0 bridgehead atoms. The van der Waals surface area contributed by atoms with E-state index in [1.165, 1.54) is 6.21 Å². The van der Waals surface area contributed by atoms with Crippen molar-refractivity contribution in [3.05, 3.63) is 119 Å². The molecule has 0 atom stereocenters. The zero-order valence-corrected chi connectivity index (χ0v) is 19.2. The zero-order valence-electron chi connectivity index (χ0n) is 18.4. The van der Waals surface area contributed by atoms with E-state index in [-0.39, 0.29) is 5.69 Å².